The van der Waals surface area contributed by atoms with Crippen LogP contribution in [0.2, 0.25) is 0 Å². The van der Waals surface area contributed by atoms with Crippen molar-refractivity contribution in [3.8, 4) is 0 Å². The van der Waals surface area contributed by atoms with Crippen molar-refractivity contribution in [1.29, 1.82) is 0 Å². The fourth-order valence-corrected chi connectivity index (χ4v) is 2.29. The van der Waals surface area contributed by atoms with Crippen molar-refractivity contribution in [2.75, 3.05) is 11.8 Å². The van der Waals surface area contributed by atoms with Gasteiger partial charge in [0.2, 0.25) is 10.0 Å². The maximum absolute atomic E-state index is 11.9. The molecule has 0 saturated heterocycles. The zero-order valence-corrected chi connectivity index (χ0v) is 11.0. The number of nitrogens with one attached hydrogen (secondary N) is 1. The van der Waals surface area contributed by atoms with Crippen molar-refractivity contribution in [3.05, 3.63) is 29.8 Å². The zero-order chi connectivity index (χ0) is 13.8. The first-order chi connectivity index (χ1) is 8.40. The molecule has 7 heteroatoms. The van der Waals surface area contributed by atoms with Crippen LogP contribution in [-0.2, 0) is 26.1 Å². The third-order valence-electron chi connectivity index (χ3n) is 2.42. The van der Waals surface area contributed by atoms with Crippen LogP contribution < -0.4 is 10.5 Å². The number of rotatable bonds is 5. The number of hydrogen-bond donors (Lipinski definition) is 2. The minimum Gasteiger partial charge on any atom is -0.468 e. The van der Waals surface area contributed by atoms with Gasteiger partial charge < -0.3 is 10.5 Å². The fourth-order valence-electron chi connectivity index (χ4n) is 1.31. The number of sulfonamides is 1. The third-order valence-corrected chi connectivity index (χ3v) is 4.06. The topological polar surface area (TPSA) is 98.5 Å². The van der Waals surface area contributed by atoms with Crippen molar-refractivity contribution < 1.29 is 17.9 Å². The summed E-state index contributed by atoms with van der Waals surface area (Å²) in [6.07, 6.45) is 0. The average molecular weight is 272 g/mol. The number of benzene rings is 1. The van der Waals surface area contributed by atoms with Crippen LogP contribution in [0.3, 0.4) is 0 Å². The Bertz CT molecular complexity index is 528. The van der Waals surface area contributed by atoms with Crippen molar-refractivity contribution in [1.82, 2.24) is 0 Å². The van der Waals surface area contributed by atoms with Crippen LogP contribution in [0.5, 0.6) is 0 Å². The Hall–Kier alpha value is -1.60. The van der Waals surface area contributed by atoms with Gasteiger partial charge in [0.15, 0.2) is 5.25 Å². The number of carbonyl (C=O) groups is 1. The van der Waals surface area contributed by atoms with Gasteiger partial charge in [-0.15, -0.1) is 0 Å². The van der Waals surface area contributed by atoms with E-state index < -0.39 is 21.2 Å². The van der Waals surface area contributed by atoms with Crippen molar-refractivity contribution in [3.63, 3.8) is 0 Å². The van der Waals surface area contributed by atoms with Gasteiger partial charge in [0.05, 0.1) is 7.11 Å². The maximum atomic E-state index is 11.9. The summed E-state index contributed by atoms with van der Waals surface area (Å²) in [6.45, 7) is 1.57. The molecular weight excluding hydrogens is 256 g/mol. The van der Waals surface area contributed by atoms with E-state index in [9.17, 15) is 13.2 Å². The van der Waals surface area contributed by atoms with Gasteiger partial charge in [-0.25, -0.2) is 8.42 Å². The van der Waals surface area contributed by atoms with E-state index in [0.29, 0.717) is 12.2 Å². The predicted molar refractivity (Wildman–Crippen MR) is 68.4 cm³/mol. The standard InChI is InChI=1S/C11H16N2O4S/c1-8(11(14)17-2)18(15,16)13-10-5-3-4-9(6-10)7-12/h3-6,8,13H,7,12H2,1-2H3. The van der Waals surface area contributed by atoms with Gasteiger partial charge in [-0.05, 0) is 24.6 Å². The highest BCUT2D eigenvalue weighted by Gasteiger charge is 2.28. The molecule has 100 valence electrons. The number of nitrogens with two attached hydrogens (primary N) is 1. The average Bonchev–Trinajstić information content (AvgIpc) is 2.36. The summed E-state index contributed by atoms with van der Waals surface area (Å²) in [5.41, 5.74) is 6.62. The minimum absolute atomic E-state index is 0.308. The van der Waals surface area contributed by atoms with Gasteiger partial charge in [0.25, 0.3) is 0 Å². The third kappa shape index (κ3) is 3.44. The molecule has 0 radical (unpaired) electrons. The molecule has 0 aliphatic rings. The second-order valence-electron chi connectivity index (χ2n) is 3.72. The highest BCUT2D eigenvalue weighted by atomic mass is 32.2. The Morgan fingerprint density at radius 3 is 2.72 bits per heavy atom. The first-order valence-electron chi connectivity index (χ1n) is 5.29. The van der Waals surface area contributed by atoms with Gasteiger partial charge in [0.1, 0.15) is 0 Å². The Kier molecular flexibility index (Phi) is 4.69. The Morgan fingerprint density at radius 1 is 1.50 bits per heavy atom. The summed E-state index contributed by atoms with van der Waals surface area (Å²) in [5.74, 6) is -0.808. The maximum Gasteiger partial charge on any atom is 0.325 e. The molecule has 1 rings (SSSR count). The van der Waals surface area contributed by atoms with Crippen molar-refractivity contribution in [2.24, 2.45) is 5.73 Å². The van der Waals surface area contributed by atoms with Crippen LogP contribution in [0.1, 0.15) is 12.5 Å². The number of anilines is 1. The molecular formula is C11H16N2O4S. The minimum atomic E-state index is -3.82. The van der Waals surface area contributed by atoms with Gasteiger partial charge in [0, 0.05) is 12.2 Å². The molecule has 0 saturated carbocycles. The van der Waals surface area contributed by atoms with E-state index in [1.165, 1.54) is 6.92 Å². The van der Waals surface area contributed by atoms with Gasteiger partial charge in [-0.3, -0.25) is 9.52 Å². The number of hydrogen-bond acceptors (Lipinski definition) is 5. The van der Waals surface area contributed by atoms with Crippen LogP contribution in [0.15, 0.2) is 24.3 Å². The Morgan fingerprint density at radius 2 is 2.17 bits per heavy atom. The summed E-state index contributed by atoms with van der Waals surface area (Å²) in [6, 6.07) is 6.66. The lowest BCUT2D eigenvalue weighted by atomic mass is 10.2. The zero-order valence-electron chi connectivity index (χ0n) is 10.2. The second-order valence-corrected chi connectivity index (χ2v) is 5.72. The van der Waals surface area contributed by atoms with Crippen LogP contribution in [0.4, 0.5) is 5.69 Å². The van der Waals surface area contributed by atoms with Crippen LogP contribution in [-0.4, -0.2) is 26.7 Å². The number of ether oxygens (including phenoxy) is 1. The van der Waals surface area contributed by atoms with Crippen molar-refractivity contribution >= 4 is 21.7 Å². The first-order valence-corrected chi connectivity index (χ1v) is 6.84. The normalized spacial score (nSPS) is 12.8. The summed E-state index contributed by atoms with van der Waals surface area (Å²) < 4.78 is 30.4. The van der Waals surface area contributed by atoms with Gasteiger partial charge >= 0.3 is 5.97 Å². The van der Waals surface area contributed by atoms with Crippen LogP contribution >= 0.6 is 0 Å². The molecule has 0 spiro atoms. The molecule has 1 atom stereocenters. The van der Waals surface area contributed by atoms with E-state index >= 15 is 0 Å². The molecule has 18 heavy (non-hydrogen) atoms. The largest absolute Gasteiger partial charge is 0.468 e. The van der Waals surface area contributed by atoms with E-state index in [1.54, 1.807) is 24.3 Å². The molecule has 0 aliphatic heterocycles. The highest BCUT2D eigenvalue weighted by molar-refractivity contribution is 7.94. The lowest BCUT2D eigenvalue weighted by molar-refractivity contribution is -0.139. The molecule has 3 N–H and O–H groups in total. The number of carbonyl (C=O) groups excluding carboxylic acids is 1. The molecule has 6 nitrogen and oxygen atoms in total. The van der Waals surface area contributed by atoms with E-state index in [0.717, 1.165) is 12.7 Å². The highest BCUT2D eigenvalue weighted by Crippen LogP contribution is 2.14. The first kappa shape index (κ1) is 14.5. The second kappa shape index (κ2) is 5.83. The van der Waals surface area contributed by atoms with Crippen LogP contribution in [0.25, 0.3) is 0 Å². The monoisotopic (exact) mass is 272 g/mol. The molecule has 1 aromatic carbocycles. The number of esters is 1. The summed E-state index contributed by atoms with van der Waals surface area (Å²) in [5, 5.41) is -1.27. The summed E-state index contributed by atoms with van der Waals surface area (Å²) >= 11 is 0. The Balaban J connectivity index is 2.91. The SMILES string of the molecule is COC(=O)C(C)S(=O)(=O)Nc1cccc(CN)c1. The quantitative estimate of drug-likeness (QED) is 0.758. The molecule has 0 bridgehead atoms. The van der Waals surface area contributed by atoms with E-state index in [4.69, 9.17) is 5.73 Å². The van der Waals surface area contributed by atoms with Crippen LogP contribution in [0, 0.1) is 0 Å². The molecule has 0 amide bonds. The molecule has 0 fully saturated rings. The predicted octanol–water partition coefficient (Wildman–Crippen LogP) is 0.448. The molecule has 0 heterocycles. The Labute approximate surface area is 106 Å². The van der Waals surface area contributed by atoms with Crippen molar-refractivity contribution in [2.45, 2.75) is 18.7 Å². The smallest absolute Gasteiger partial charge is 0.325 e. The number of methoxy groups -OCH3 is 1. The lowest BCUT2D eigenvalue weighted by Gasteiger charge is -2.13. The van der Waals surface area contributed by atoms with E-state index in [2.05, 4.69) is 9.46 Å². The lowest BCUT2D eigenvalue weighted by Crippen LogP contribution is -2.33. The summed E-state index contributed by atoms with van der Waals surface area (Å²) in [7, 11) is -2.67. The molecule has 1 unspecified atom stereocenters. The van der Waals surface area contributed by atoms with Gasteiger partial charge in [-0.1, -0.05) is 12.1 Å². The van der Waals surface area contributed by atoms with E-state index in [-0.39, 0.29) is 0 Å². The molecule has 0 aliphatic carbocycles. The van der Waals surface area contributed by atoms with E-state index in [1.807, 2.05) is 0 Å². The molecule has 0 aromatic heterocycles. The van der Waals surface area contributed by atoms with Gasteiger partial charge in [-0.2, -0.15) is 0 Å². The summed E-state index contributed by atoms with van der Waals surface area (Å²) in [4.78, 5) is 11.2. The fraction of sp³-hybridized carbons (Fsp3) is 0.364. The molecule has 1 aromatic rings.